The van der Waals surface area contributed by atoms with Gasteiger partial charge in [-0.15, -0.1) is 0 Å². The van der Waals surface area contributed by atoms with Crippen LogP contribution in [0.25, 0.3) is 0 Å². The molecule has 300 valence electrons. The van der Waals surface area contributed by atoms with E-state index in [1.54, 1.807) is 0 Å². The molecule has 2 heterocycles. The first kappa shape index (κ1) is 44.0. The van der Waals surface area contributed by atoms with Crippen LogP contribution in [-0.2, 0) is 36.7 Å². The van der Waals surface area contributed by atoms with Crippen LogP contribution < -0.4 is 31.4 Å². The molecule has 4 rings (SSSR count). The first-order chi connectivity index (χ1) is 26.0. The third-order valence-corrected chi connectivity index (χ3v) is 8.92. The molecule has 19 heteroatoms. The number of piperidine rings is 1. The maximum atomic E-state index is 13.2. The lowest BCUT2D eigenvalue weighted by Gasteiger charge is -2.45. The van der Waals surface area contributed by atoms with Gasteiger partial charge in [0.1, 0.15) is 17.5 Å². The highest BCUT2D eigenvalue weighted by molar-refractivity contribution is 6.31. The number of amides is 1. The third-order valence-electron chi connectivity index (χ3n) is 8.64. The Morgan fingerprint density at radius 1 is 0.891 bits per heavy atom. The molecule has 0 unspecified atom stereocenters. The molecule has 15 nitrogen and oxygen atoms in total. The lowest BCUT2D eigenvalue weighted by molar-refractivity contribution is -0.933. The van der Waals surface area contributed by atoms with Crippen LogP contribution >= 0.6 is 11.6 Å². The van der Waals surface area contributed by atoms with E-state index in [0.717, 1.165) is 80.3 Å². The molecule has 0 aliphatic carbocycles. The molecule has 3 aromatic rings. The first-order valence-electron chi connectivity index (χ1n) is 17.1. The fourth-order valence-electron chi connectivity index (χ4n) is 6.04. The molecule has 1 fully saturated rings. The maximum absolute atomic E-state index is 13.2. The lowest BCUT2D eigenvalue weighted by atomic mass is 9.99. The Labute approximate surface area is 320 Å². The number of carbonyl (C=O) groups is 4. The van der Waals surface area contributed by atoms with Crippen LogP contribution in [0.2, 0.25) is 5.15 Å². The molecular weight excluding hydrogens is 753 g/mol. The maximum Gasteiger partial charge on any atom is 0.430 e. The van der Waals surface area contributed by atoms with Crippen LogP contribution in [0.1, 0.15) is 47.3 Å². The van der Waals surface area contributed by atoms with Gasteiger partial charge < -0.3 is 50.1 Å². The molecule has 5 N–H and O–H groups in total. The van der Waals surface area contributed by atoms with E-state index in [4.69, 9.17) is 42.4 Å². The number of aryl methyl sites for hydroxylation is 2. The van der Waals surface area contributed by atoms with Crippen molar-refractivity contribution in [3.05, 3.63) is 70.5 Å². The molecule has 1 aromatic heterocycles. The number of carboxylic acid groups (broad SMARTS) is 1. The molecule has 0 bridgehead atoms. The Kier molecular flexibility index (Phi) is 16.8. The second-order valence-corrected chi connectivity index (χ2v) is 13.0. The van der Waals surface area contributed by atoms with Gasteiger partial charge in [0.05, 0.1) is 46.4 Å². The number of nitrogens with two attached hydrogens (primary N) is 2. The van der Waals surface area contributed by atoms with Gasteiger partial charge in [-0.25, -0.2) is 19.6 Å². The zero-order valence-corrected chi connectivity index (χ0v) is 31.1. The van der Waals surface area contributed by atoms with Crippen molar-refractivity contribution in [2.45, 2.75) is 50.7 Å². The van der Waals surface area contributed by atoms with E-state index >= 15 is 0 Å². The van der Waals surface area contributed by atoms with Crippen molar-refractivity contribution < 1.29 is 60.9 Å². The second kappa shape index (κ2) is 20.9. The number of alkyl halides is 3. The first-order valence-corrected chi connectivity index (χ1v) is 17.5. The van der Waals surface area contributed by atoms with Gasteiger partial charge in [0.2, 0.25) is 0 Å². The number of methoxy groups -OCH3 is 2. The number of quaternary nitrogens is 1. The number of aliphatic carboxylic acids is 1. The van der Waals surface area contributed by atoms with Gasteiger partial charge in [-0.05, 0) is 61.1 Å². The van der Waals surface area contributed by atoms with E-state index in [2.05, 4.69) is 24.8 Å². The number of rotatable bonds is 16. The Morgan fingerprint density at radius 2 is 1.40 bits per heavy atom. The van der Waals surface area contributed by atoms with Gasteiger partial charge in [-0.1, -0.05) is 35.9 Å². The number of nitrogens with one attached hydrogen (secondary N) is 1. The monoisotopic (exact) mass is 796 g/mol. The van der Waals surface area contributed by atoms with Crippen molar-refractivity contribution in [1.29, 1.82) is 0 Å². The number of halogens is 4. The van der Waals surface area contributed by atoms with Crippen molar-refractivity contribution in [3.8, 4) is 11.5 Å². The summed E-state index contributed by atoms with van der Waals surface area (Å²) in [6.45, 7) is 3.23. The largest absolute Gasteiger partial charge is 0.542 e. The highest BCUT2D eigenvalue weighted by Crippen LogP contribution is 2.25. The number of esters is 2. The Bertz CT molecular complexity index is 1710. The minimum absolute atomic E-state index is 0.0276. The van der Waals surface area contributed by atoms with Gasteiger partial charge in [0.15, 0.2) is 35.7 Å². The smallest absolute Gasteiger partial charge is 0.430 e. The van der Waals surface area contributed by atoms with E-state index in [0.29, 0.717) is 11.5 Å². The number of ether oxygens (including phenoxy) is 4. The van der Waals surface area contributed by atoms with Gasteiger partial charge in [0, 0.05) is 12.8 Å². The summed E-state index contributed by atoms with van der Waals surface area (Å²) in [6.07, 6.45) is 0.0152. The van der Waals surface area contributed by atoms with E-state index in [1.807, 2.05) is 48.5 Å². The highest BCUT2D eigenvalue weighted by Gasteiger charge is 2.36. The number of carboxylic acids is 1. The summed E-state index contributed by atoms with van der Waals surface area (Å²) >= 11 is 6.03. The SMILES string of the molecule is COC(=O)COc1cccc(CCC[N+]2(CCCc3cccc(OCC(=O)OC)c3)CCC[C@H](NC(=O)c3nc(Cl)c(N)nc3N)C2)c1.O=C([O-])C(F)(F)F. The van der Waals surface area contributed by atoms with E-state index in [1.165, 1.54) is 14.2 Å². The standard InChI is InChI=1S/C34H43ClN6O7.C2HF3O2/c1-45-28(42)21-47-26-13-3-8-23(18-26)10-5-15-41(16-6-11-24-9-4-14-27(19-24)48-22-29(43)46-2)17-7-12-25(20-41)38-34(44)30-32(36)40-33(37)31(35)39-30;3-2(4,5)1(6)7/h3-4,8-9,13-14,18-19,25H,5-7,10-12,15-17,20-22H2,1-2H3,(H4-,36,37,38,40,44);(H,6,7)/t25-;/m0./s1. The van der Waals surface area contributed by atoms with E-state index in [-0.39, 0.29) is 41.7 Å². The second-order valence-electron chi connectivity index (χ2n) is 12.7. The molecule has 2 aromatic carbocycles. The fraction of sp³-hybridized carbons (Fsp3) is 0.444. The Hall–Kier alpha value is -5.36. The summed E-state index contributed by atoms with van der Waals surface area (Å²) in [5.41, 5.74) is 13.8. The van der Waals surface area contributed by atoms with Crippen LogP contribution in [-0.4, -0.2) is 104 Å². The predicted octanol–water partition coefficient (Wildman–Crippen LogP) is 2.67. The van der Waals surface area contributed by atoms with Crippen LogP contribution in [0.5, 0.6) is 11.5 Å². The minimum atomic E-state index is -5.19. The number of anilines is 2. The highest BCUT2D eigenvalue weighted by atomic mass is 35.5. The fourth-order valence-corrected chi connectivity index (χ4v) is 6.17. The number of benzene rings is 2. The van der Waals surface area contributed by atoms with Crippen molar-refractivity contribution in [2.75, 3.05) is 65.1 Å². The number of likely N-dealkylation sites (tertiary alicyclic amines) is 1. The zero-order chi connectivity index (χ0) is 40.6. The van der Waals surface area contributed by atoms with Crippen molar-refractivity contribution in [1.82, 2.24) is 15.3 Å². The normalized spacial score (nSPS) is 14.8. The summed E-state index contributed by atoms with van der Waals surface area (Å²) in [5.74, 6) is -3.17. The summed E-state index contributed by atoms with van der Waals surface area (Å²) in [6, 6.07) is 15.4. The Morgan fingerprint density at radius 3 is 1.87 bits per heavy atom. The number of hydrogen-bond acceptors (Lipinski definition) is 13. The van der Waals surface area contributed by atoms with Crippen LogP contribution in [0.4, 0.5) is 24.8 Å². The number of hydrogen-bond donors (Lipinski definition) is 3. The lowest BCUT2D eigenvalue weighted by Crippen LogP contribution is -2.60. The van der Waals surface area contributed by atoms with Gasteiger partial charge in [0.25, 0.3) is 5.91 Å². The molecule has 0 saturated carbocycles. The molecule has 0 radical (unpaired) electrons. The van der Waals surface area contributed by atoms with Gasteiger partial charge in [-0.3, -0.25) is 4.79 Å². The molecule has 1 amide bonds. The average Bonchev–Trinajstić information content (AvgIpc) is 3.14. The summed E-state index contributed by atoms with van der Waals surface area (Å²) in [4.78, 5) is 53.0. The number of nitrogens with zero attached hydrogens (tertiary/aromatic N) is 3. The van der Waals surface area contributed by atoms with Crippen molar-refractivity contribution >= 4 is 47.1 Å². The topological polar surface area (TPSA) is 218 Å². The predicted molar refractivity (Wildman–Crippen MR) is 192 cm³/mol. The van der Waals surface area contributed by atoms with Crippen molar-refractivity contribution in [2.24, 2.45) is 0 Å². The van der Waals surface area contributed by atoms with E-state index < -0.39 is 30.0 Å². The zero-order valence-electron chi connectivity index (χ0n) is 30.4. The summed E-state index contributed by atoms with van der Waals surface area (Å²) in [7, 11) is 2.65. The van der Waals surface area contributed by atoms with Gasteiger partial charge >= 0.3 is 18.1 Å². The average molecular weight is 797 g/mol. The third kappa shape index (κ3) is 14.8. The minimum Gasteiger partial charge on any atom is -0.542 e. The number of aromatic nitrogens is 2. The molecule has 1 saturated heterocycles. The Balaban J connectivity index is 0.00000106. The molecule has 0 spiro atoms. The molecule has 55 heavy (non-hydrogen) atoms. The molecule has 1 atom stereocenters. The van der Waals surface area contributed by atoms with Gasteiger partial charge in [-0.2, -0.15) is 13.2 Å². The van der Waals surface area contributed by atoms with Crippen LogP contribution in [0, 0.1) is 0 Å². The van der Waals surface area contributed by atoms with Crippen LogP contribution in [0.15, 0.2) is 48.5 Å². The molecule has 1 aliphatic heterocycles. The quantitative estimate of drug-likeness (QED) is 0.141. The molecule has 1 aliphatic rings. The number of carbonyl (C=O) groups excluding carboxylic acids is 4. The van der Waals surface area contributed by atoms with E-state index in [9.17, 15) is 27.6 Å². The summed E-state index contributed by atoms with van der Waals surface area (Å²) in [5, 5.41) is 11.8. The summed E-state index contributed by atoms with van der Waals surface area (Å²) < 4.78 is 52.9. The molecular formula is C36H44ClF3N6O9. The van der Waals surface area contributed by atoms with Crippen molar-refractivity contribution in [3.63, 3.8) is 0 Å². The van der Waals surface area contributed by atoms with Crippen LogP contribution in [0.3, 0.4) is 0 Å². The number of nitrogen functional groups attached to an aromatic ring is 2.